The molecule has 0 unspecified atom stereocenters. The summed E-state index contributed by atoms with van der Waals surface area (Å²) in [5, 5.41) is 9.41. The Morgan fingerprint density at radius 1 is 1.40 bits per heavy atom. The van der Waals surface area contributed by atoms with Crippen LogP contribution in [0.25, 0.3) is 0 Å². The zero-order valence-corrected chi connectivity index (χ0v) is 5.81. The minimum atomic E-state index is 0. The predicted molar refractivity (Wildman–Crippen MR) is 45.0 cm³/mol. The third-order valence-electron chi connectivity index (χ3n) is 1.17. The number of aromatic hydroxyl groups is 1. The first kappa shape index (κ1) is 10.3. The van der Waals surface area contributed by atoms with Crippen molar-refractivity contribution in [2.75, 3.05) is 0 Å². The number of hydrogen-bond donors (Lipinski definition) is 1. The topological polar surface area (TPSA) is 20.2 Å². The van der Waals surface area contributed by atoms with E-state index in [0.717, 1.165) is 5.56 Å². The average molecular weight is 167 g/mol. The molecule has 1 N–H and O–H groups in total. The zero-order valence-electron chi connectivity index (χ0n) is 5.06. The van der Waals surface area contributed by atoms with Gasteiger partial charge in [-0.15, -0.1) is 0 Å². The van der Waals surface area contributed by atoms with Crippen LogP contribution in [0, 0.1) is 6.92 Å². The van der Waals surface area contributed by atoms with Gasteiger partial charge in [-0.2, -0.15) is 0 Å². The zero-order chi connectivity index (χ0) is 6.85. The molecule has 0 aromatic heterocycles. The summed E-state index contributed by atoms with van der Waals surface area (Å²) in [4.78, 5) is 0. The van der Waals surface area contributed by atoms with Gasteiger partial charge < -0.3 is 5.11 Å². The first-order chi connectivity index (χ1) is 4.22. The van der Waals surface area contributed by atoms with Gasteiger partial charge in [0.05, 0.1) is 5.02 Å². The van der Waals surface area contributed by atoms with Gasteiger partial charge in [0.1, 0.15) is 5.75 Å². The van der Waals surface area contributed by atoms with Crippen molar-refractivity contribution in [1.82, 2.24) is 0 Å². The monoisotopic (exact) mass is 166 g/mol. The van der Waals surface area contributed by atoms with Crippen molar-refractivity contribution in [3.63, 3.8) is 0 Å². The second-order valence-corrected chi connectivity index (χ2v) is 2.29. The van der Waals surface area contributed by atoms with E-state index in [1.165, 1.54) is 0 Å². The van der Waals surface area contributed by atoms with E-state index >= 15 is 0 Å². The first-order valence-electron chi connectivity index (χ1n) is 2.66. The van der Waals surface area contributed by atoms with Crippen LogP contribution >= 0.6 is 11.6 Å². The molecule has 0 saturated heterocycles. The van der Waals surface area contributed by atoms with Gasteiger partial charge in [-0.3, -0.25) is 0 Å². The number of halogens is 1. The molecule has 1 rings (SSSR count). The second kappa shape index (κ2) is 4.24. The summed E-state index contributed by atoms with van der Waals surface area (Å²) in [6, 6.07) is 5.17. The van der Waals surface area contributed by atoms with Gasteiger partial charge in [-0.25, -0.2) is 0 Å². The number of hydrogen-bond acceptors (Lipinski definition) is 1. The number of phenols is 1. The molecule has 1 nitrogen and oxygen atoms in total. The van der Waals surface area contributed by atoms with Crippen LogP contribution in [0.5, 0.6) is 5.75 Å². The van der Waals surface area contributed by atoms with Crippen molar-refractivity contribution in [3.05, 3.63) is 28.8 Å². The van der Waals surface area contributed by atoms with Crippen LogP contribution in [-0.2, 0) is 0 Å². The minimum absolute atomic E-state index is 0. The SMILES string of the molecule is Cc1cccc(O)c1Cl.[NaH]. The van der Waals surface area contributed by atoms with Gasteiger partial charge in [0.25, 0.3) is 0 Å². The molecule has 0 fully saturated rings. The maximum atomic E-state index is 8.97. The number of aryl methyl sites for hydroxylation is 1. The summed E-state index contributed by atoms with van der Waals surface area (Å²) in [5.41, 5.74) is 0.900. The summed E-state index contributed by atoms with van der Waals surface area (Å²) >= 11 is 5.63. The molecular formula is C7H8ClNaO. The standard InChI is InChI=1S/C7H7ClO.Na.H/c1-5-3-2-4-6(9)7(5)8;;/h2-4,9H,1H3;;. The van der Waals surface area contributed by atoms with Crippen LogP contribution in [-0.4, -0.2) is 34.7 Å². The van der Waals surface area contributed by atoms with Crippen molar-refractivity contribution in [1.29, 1.82) is 0 Å². The molecular weight excluding hydrogens is 159 g/mol. The van der Waals surface area contributed by atoms with E-state index in [1.807, 2.05) is 13.0 Å². The van der Waals surface area contributed by atoms with Crippen molar-refractivity contribution in [2.24, 2.45) is 0 Å². The Balaban J connectivity index is 0.000000810. The number of phenolic OH excluding ortho intramolecular Hbond substituents is 1. The molecule has 0 heterocycles. The quantitative estimate of drug-likeness (QED) is 0.582. The van der Waals surface area contributed by atoms with Gasteiger partial charge in [0.15, 0.2) is 0 Å². The van der Waals surface area contributed by atoms with E-state index in [1.54, 1.807) is 12.1 Å². The molecule has 0 saturated carbocycles. The summed E-state index contributed by atoms with van der Waals surface area (Å²) < 4.78 is 0. The van der Waals surface area contributed by atoms with E-state index in [0.29, 0.717) is 5.02 Å². The summed E-state index contributed by atoms with van der Waals surface area (Å²) in [6.45, 7) is 1.85. The molecule has 0 amide bonds. The Morgan fingerprint density at radius 2 is 2.00 bits per heavy atom. The molecule has 1 aromatic rings. The molecule has 0 aliphatic heterocycles. The van der Waals surface area contributed by atoms with E-state index in [9.17, 15) is 0 Å². The Labute approximate surface area is 87.3 Å². The molecule has 50 valence electrons. The van der Waals surface area contributed by atoms with Crippen LogP contribution in [0.4, 0.5) is 0 Å². The van der Waals surface area contributed by atoms with E-state index in [4.69, 9.17) is 16.7 Å². The van der Waals surface area contributed by atoms with Crippen molar-refractivity contribution in [2.45, 2.75) is 6.92 Å². The van der Waals surface area contributed by atoms with E-state index in [2.05, 4.69) is 0 Å². The summed E-state index contributed by atoms with van der Waals surface area (Å²) in [7, 11) is 0. The third kappa shape index (κ3) is 2.17. The Bertz CT molecular complexity index is 205. The normalized spacial score (nSPS) is 8.60. The number of benzene rings is 1. The van der Waals surface area contributed by atoms with Gasteiger partial charge in [-0.05, 0) is 18.6 Å². The molecule has 3 heteroatoms. The fourth-order valence-corrected chi connectivity index (χ4v) is 0.758. The van der Waals surface area contributed by atoms with E-state index in [-0.39, 0.29) is 35.3 Å². The first-order valence-corrected chi connectivity index (χ1v) is 3.03. The van der Waals surface area contributed by atoms with E-state index < -0.39 is 0 Å². The number of rotatable bonds is 0. The van der Waals surface area contributed by atoms with Crippen molar-refractivity contribution >= 4 is 41.2 Å². The molecule has 0 radical (unpaired) electrons. The van der Waals surface area contributed by atoms with Crippen LogP contribution in [0.2, 0.25) is 5.02 Å². The third-order valence-corrected chi connectivity index (χ3v) is 1.66. The summed E-state index contributed by atoms with van der Waals surface area (Å²) in [6.07, 6.45) is 0. The van der Waals surface area contributed by atoms with Gasteiger partial charge in [0, 0.05) is 0 Å². The van der Waals surface area contributed by atoms with Crippen LogP contribution in [0.1, 0.15) is 5.56 Å². The summed E-state index contributed by atoms with van der Waals surface area (Å²) in [5.74, 6) is 0.150. The molecule has 0 spiro atoms. The maximum absolute atomic E-state index is 8.97. The fraction of sp³-hybridized carbons (Fsp3) is 0.143. The molecule has 0 bridgehead atoms. The molecule has 0 aliphatic carbocycles. The average Bonchev–Trinajstić information content (AvgIpc) is 1.83. The molecule has 0 atom stereocenters. The van der Waals surface area contributed by atoms with Crippen LogP contribution in [0.3, 0.4) is 0 Å². The molecule has 10 heavy (non-hydrogen) atoms. The van der Waals surface area contributed by atoms with Gasteiger partial charge in [0.2, 0.25) is 0 Å². The predicted octanol–water partition coefficient (Wildman–Crippen LogP) is 1.71. The Kier molecular flexibility index (Phi) is 4.37. The van der Waals surface area contributed by atoms with Gasteiger partial charge in [-0.1, -0.05) is 23.7 Å². The Hall–Kier alpha value is 0.310. The second-order valence-electron chi connectivity index (χ2n) is 1.91. The Morgan fingerprint density at radius 3 is 2.40 bits per heavy atom. The van der Waals surface area contributed by atoms with Crippen molar-refractivity contribution < 1.29 is 5.11 Å². The fourth-order valence-electron chi connectivity index (χ4n) is 0.632. The van der Waals surface area contributed by atoms with Crippen LogP contribution in [0.15, 0.2) is 18.2 Å². The van der Waals surface area contributed by atoms with Crippen molar-refractivity contribution in [3.8, 4) is 5.75 Å². The van der Waals surface area contributed by atoms with Crippen LogP contribution < -0.4 is 0 Å². The molecule has 0 aliphatic rings. The van der Waals surface area contributed by atoms with Gasteiger partial charge >= 0.3 is 29.6 Å². The molecule has 1 aromatic carbocycles.